The minimum Gasteiger partial charge on any atom is -0.342 e. The Morgan fingerprint density at radius 1 is 1.06 bits per heavy atom. The normalized spacial score (nSPS) is 15.0. The van der Waals surface area contributed by atoms with Crippen LogP contribution in [0.25, 0.3) is 22.4 Å². The van der Waals surface area contributed by atoms with Crippen molar-refractivity contribution in [3.05, 3.63) is 59.4 Å². The predicted molar refractivity (Wildman–Crippen MR) is 130 cm³/mol. The molecule has 0 amide bonds. The number of benzene rings is 1. The maximum Gasteiger partial charge on any atom is 0.158 e. The lowest BCUT2D eigenvalue weighted by atomic mass is 10.1. The highest BCUT2D eigenvalue weighted by Crippen LogP contribution is 2.23. The van der Waals surface area contributed by atoms with Gasteiger partial charge in [-0.1, -0.05) is 13.8 Å². The van der Waals surface area contributed by atoms with Crippen LogP contribution in [0.2, 0.25) is 0 Å². The fraction of sp³-hybridized carbons (Fsp3) is 0.440. The van der Waals surface area contributed by atoms with E-state index in [9.17, 15) is 0 Å². The van der Waals surface area contributed by atoms with Crippen LogP contribution in [-0.4, -0.2) is 60.8 Å². The van der Waals surface area contributed by atoms with Gasteiger partial charge in [0.25, 0.3) is 0 Å². The van der Waals surface area contributed by atoms with Gasteiger partial charge in [-0.2, -0.15) is 5.10 Å². The number of nitrogens with zero attached hydrogens (tertiary/aromatic N) is 6. The Morgan fingerprint density at radius 3 is 2.73 bits per heavy atom. The number of nitrogens with one attached hydrogen (secondary N) is 2. The van der Waals surface area contributed by atoms with Crippen LogP contribution >= 0.6 is 0 Å². The molecule has 1 fully saturated rings. The number of aromatic nitrogens is 6. The van der Waals surface area contributed by atoms with Crippen molar-refractivity contribution in [2.24, 2.45) is 13.0 Å². The molecule has 0 aliphatic carbocycles. The minimum atomic E-state index is 0.530. The molecule has 0 atom stereocenters. The fourth-order valence-corrected chi connectivity index (χ4v) is 4.45. The maximum atomic E-state index is 4.80. The molecule has 0 radical (unpaired) electrons. The Morgan fingerprint density at radius 2 is 1.91 bits per heavy atom. The van der Waals surface area contributed by atoms with Crippen LogP contribution in [0.15, 0.2) is 36.5 Å². The fourth-order valence-electron chi connectivity index (χ4n) is 4.45. The van der Waals surface area contributed by atoms with Crippen LogP contribution in [0, 0.1) is 5.92 Å². The molecule has 2 N–H and O–H groups in total. The first-order valence-corrected chi connectivity index (χ1v) is 11.8. The van der Waals surface area contributed by atoms with Crippen molar-refractivity contribution in [2.75, 3.05) is 26.2 Å². The van der Waals surface area contributed by atoms with Gasteiger partial charge in [0.1, 0.15) is 5.82 Å². The minimum absolute atomic E-state index is 0.530. The summed E-state index contributed by atoms with van der Waals surface area (Å²) in [5.41, 5.74) is 5.34. The van der Waals surface area contributed by atoms with Crippen molar-refractivity contribution in [3.8, 4) is 11.4 Å². The average molecular weight is 445 g/mol. The number of H-pyrrole nitrogens is 1. The van der Waals surface area contributed by atoms with Crippen molar-refractivity contribution in [1.82, 2.24) is 39.9 Å². The number of piperazine rings is 1. The van der Waals surface area contributed by atoms with E-state index in [0.29, 0.717) is 12.3 Å². The molecule has 1 saturated heterocycles. The zero-order valence-corrected chi connectivity index (χ0v) is 19.7. The summed E-state index contributed by atoms with van der Waals surface area (Å²) in [6.07, 6.45) is 3.48. The lowest BCUT2D eigenvalue weighted by Gasteiger charge is -2.27. The molecule has 0 bridgehead atoms. The van der Waals surface area contributed by atoms with E-state index in [0.717, 1.165) is 78.9 Å². The predicted octanol–water partition coefficient (Wildman–Crippen LogP) is 2.95. The number of aryl methyl sites for hydroxylation is 1. The van der Waals surface area contributed by atoms with E-state index in [1.807, 2.05) is 17.9 Å². The van der Waals surface area contributed by atoms with E-state index in [4.69, 9.17) is 9.97 Å². The SMILES string of the molecule is CC(C)Cc1nc(-c2ccc3nc(Cc4cc(CN5CCNCC5)ccn4)[nH]c3c2)n(C)n1. The lowest BCUT2D eigenvalue weighted by Crippen LogP contribution is -2.42. The highest BCUT2D eigenvalue weighted by atomic mass is 15.3. The van der Waals surface area contributed by atoms with E-state index in [1.165, 1.54) is 5.56 Å². The van der Waals surface area contributed by atoms with E-state index in [1.54, 1.807) is 0 Å². The van der Waals surface area contributed by atoms with Gasteiger partial charge in [0.05, 0.1) is 11.0 Å². The number of imidazole rings is 1. The van der Waals surface area contributed by atoms with Crippen LogP contribution in [-0.2, 0) is 26.4 Å². The summed E-state index contributed by atoms with van der Waals surface area (Å²) < 4.78 is 1.87. The summed E-state index contributed by atoms with van der Waals surface area (Å²) in [6.45, 7) is 9.64. The molecule has 5 rings (SSSR count). The van der Waals surface area contributed by atoms with E-state index < -0.39 is 0 Å². The maximum absolute atomic E-state index is 4.80. The van der Waals surface area contributed by atoms with Crippen LogP contribution in [0.4, 0.5) is 0 Å². The van der Waals surface area contributed by atoms with Gasteiger partial charge in [-0.15, -0.1) is 0 Å². The topological polar surface area (TPSA) is 87.5 Å². The molecule has 0 saturated carbocycles. The number of hydrogen-bond acceptors (Lipinski definition) is 6. The van der Waals surface area contributed by atoms with Gasteiger partial charge in [0, 0.05) is 70.1 Å². The lowest BCUT2D eigenvalue weighted by molar-refractivity contribution is 0.233. The van der Waals surface area contributed by atoms with Crippen molar-refractivity contribution < 1.29 is 0 Å². The van der Waals surface area contributed by atoms with Crippen molar-refractivity contribution in [1.29, 1.82) is 0 Å². The second-order valence-corrected chi connectivity index (χ2v) is 9.35. The Hall–Kier alpha value is -3.10. The molecule has 8 nitrogen and oxygen atoms in total. The zero-order chi connectivity index (χ0) is 22.8. The molecule has 172 valence electrons. The Bertz CT molecular complexity index is 1230. The summed E-state index contributed by atoms with van der Waals surface area (Å²) >= 11 is 0. The number of pyridine rings is 1. The number of fused-ring (bicyclic) bond motifs is 1. The summed E-state index contributed by atoms with van der Waals surface area (Å²) in [5.74, 6) is 3.22. The van der Waals surface area contributed by atoms with Gasteiger partial charge in [0.15, 0.2) is 11.6 Å². The summed E-state index contributed by atoms with van der Waals surface area (Å²) in [5, 5.41) is 7.99. The number of aromatic amines is 1. The van der Waals surface area contributed by atoms with Crippen molar-refractivity contribution >= 4 is 11.0 Å². The molecule has 4 aromatic rings. The third-order valence-corrected chi connectivity index (χ3v) is 6.03. The van der Waals surface area contributed by atoms with Gasteiger partial charge < -0.3 is 10.3 Å². The molecule has 8 heteroatoms. The summed E-state index contributed by atoms with van der Waals surface area (Å²) in [4.78, 5) is 20.1. The monoisotopic (exact) mass is 444 g/mol. The average Bonchev–Trinajstić information content (AvgIpc) is 3.35. The molecule has 1 aliphatic heterocycles. The first kappa shape index (κ1) is 21.7. The number of rotatable bonds is 7. The van der Waals surface area contributed by atoms with Gasteiger partial charge in [-0.05, 0) is 41.8 Å². The highest BCUT2D eigenvalue weighted by Gasteiger charge is 2.14. The molecule has 4 heterocycles. The molecule has 3 aromatic heterocycles. The molecule has 1 aliphatic rings. The molecule has 33 heavy (non-hydrogen) atoms. The quantitative estimate of drug-likeness (QED) is 0.456. The Balaban J connectivity index is 1.33. The molecule has 0 unspecified atom stereocenters. The summed E-state index contributed by atoms with van der Waals surface area (Å²) in [6, 6.07) is 10.6. The Labute approximate surface area is 194 Å². The van der Waals surface area contributed by atoms with Gasteiger partial charge in [0.2, 0.25) is 0 Å². The van der Waals surface area contributed by atoms with E-state index >= 15 is 0 Å². The standard InChI is InChI=1S/C25H32N8/c1-17(2)12-24-30-25(32(3)31-24)19-4-5-21-22(14-19)29-23(28-21)15-20-13-18(6-7-27-20)16-33-10-8-26-9-11-33/h4-7,13-14,17,26H,8-12,15-16H2,1-3H3,(H,28,29). The van der Waals surface area contributed by atoms with Gasteiger partial charge in [-0.3, -0.25) is 9.88 Å². The molecular formula is C25H32N8. The molecular weight excluding hydrogens is 412 g/mol. The van der Waals surface area contributed by atoms with Crippen LogP contribution in [0.5, 0.6) is 0 Å². The molecule has 1 aromatic carbocycles. The van der Waals surface area contributed by atoms with E-state index in [-0.39, 0.29) is 0 Å². The smallest absolute Gasteiger partial charge is 0.158 e. The first-order valence-electron chi connectivity index (χ1n) is 11.8. The number of hydrogen-bond donors (Lipinski definition) is 2. The zero-order valence-electron chi connectivity index (χ0n) is 19.7. The Kier molecular flexibility index (Phi) is 6.20. The second-order valence-electron chi connectivity index (χ2n) is 9.35. The van der Waals surface area contributed by atoms with Crippen LogP contribution < -0.4 is 5.32 Å². The first-order chi connectivity index (χ1) is 16.0. The summed E-state index contributed by atoms with van der Waals surface area (Å²) in [7, 11) is 1.95. The van der Waals surface area contributed by atoms with Crippen LogP contribution in [0.3, 0.4) is 0 Å². The van der Waals surface area contributed by atoms with Gasteiger partial charge >= 0.3 is 0 Å². The van der Waals surface area contributed by atoms with Crippen molar-refractivity contribution in [3.63, 3.8) is 0 Å². The third kappa shape index (κ3) is 5.12. The van der Waals surface area contributed by atoms with Gasteiger partial charge in [-0.25, -0.2) is 14.6 Å². The largest absolute Gasteiger partial charge is 0.342 e. The third-order valence-electron chi connectivity index (χ3n) is 6.03. The second kappa shape index (κ2) is 9.41. The van der Waals surface area contributed by atoms with Crippen molar-refractivity contribution in [2.45, 2.75) is 33.2 Å². The van der Waals surface area contributed by atoms with Crippen LogP contribution in [0.1, 0.15) is 36.8 Å². The van der Waals surface area contributed by atoms with E-state index in [2.05, 4.69) is 69.5 Å². The highest BCUT2D eigenvalue weighted by molar-refractivity contribution is 5.80. The molecule has 0 spiro atoms.